The average molecular weight is 309 g/mol. The molecule has 4 nitrogen and oxygen atoms in total. The van der Waals surface area contributed by atoms with Crippen LogP contribution in [-0.4, -0.2) is 66.8 Å². The van der Waals surface area contributed by atoms with Gasteiger partial charge in [0.1, 0.15) is 0 Å². The Bertz CT molecular complexity index is 216. The average Bonchev–Trinajstić information content (AvgIpc) is 2.45. The third-order valence-electron chi connectivity index (χ3n) is 3.42. The van der Waals surface area contributed by atoms with Gasteiger partial charge in [0.15, 0.2) is 0 Å². The number of aliphatic hydroxyl groups is 1. The number of hydrogen-bond acceptors (Lipinski definition) is 3. The van der Waals surface area contributed by atoms with Crippen molar-refractivity contribution >= 4 is 35.5 Å². The fraction of sp³-hybridized carbons (Fsp3) is 0.938. The van der Waals surface area contributed by atoms with Gasteiger partial charge < -0.3 is 15.7 Å². The molecule has 0 aliphatic carbocycles. The third-order valence-corrected chi connectivity index (χ3v) is 3.42. The second kappa shape index (κ2) is 20.4. The molecule has 1 radical (unpaired) electrons. The molecular formula is C16H34N2NaO2. The summed E-state index contributed by atoms with van der Waals surface area (Å²) in [4.78, 5) is 11.5. The van der Waals surface area contributed by atoms with Gasteiger partial charge in [-0.05, 0) is 6.42 Å². The van der Waals surface area contributed by atoms with Crippen molar-refractivity contribution in [3.8, 4) is 0 Å². The van der Waals surface area contributed by atoms with Gasteiger partial charge in [0.2, 0.25) is 5.91 Å². The van der Waals surface area contributed by atoms with E-state index in [1.54, 1.807) is 0 Å². The van der Waals surface area contributed by atoms with E-state index in [9.17, 15) is 4.79 Å². The Morgan fingerprint density at radius 2 is 1.43 bits per heavy atom. The van der Waals surface area contributed by atoms with E-state index < -0.39 is 0 Å². The molecule has 0 atom stereocenters. The van der Waals surface area contributed by atoms with Crippen molar-refractivity contribution in [1.82, 2.24) is 10.6 Å². The molecule has 121 valence electrons. The fourth-order valence-corrected chi connectivity index (χ4v) is 2.18. The standard InChI is InChI=1S/C16H34N2O2.Na/c1-2-3-4-5-6-7-8-9-10-11-16(20)18-13-12-17-14-15-19;/h17,19H,2-15H2,1H3,(H,18,20);. The quantitative estimate of drug-likeness (QED) is 0.321. The first-order valence-corrected chi connectivity index (χ1v) is 8.39. The molecule has 0 aromatic heterocycles. The third kappa shape index (κ3) is 20.4. The molecule has 0 aromatic carbocycles. The number of carbonyl (C=O) groups excluding carboxylic acids is 1. The van der Waals surface area contributed by atoms with Crippen LogP contribution in [-0.2, 0) is 4.79 Å². The largest absolute Gasteiger partial charge is 0.395 e. The Morgan fingerprint density at radius 3 is 2.00 bits per heavy atom. The summed E-state index contributed by atoms with van der Waals surface area (Å²) in [7, 11) is 0. The first-order chi connectivity index (χ1) is 9.81. The Morgan fingerprint density at radius 1 is 0.857 bits per heavy atom. The Kier molecular flexibility index (Phi) is 23.0. The molecule has 0 aliphatic rings. The summed E-state index contributed by atoms with van der Waals surface area (Å²) in [5, 5.41) is 14.5. The molecule has 0 saturated heterocycles. The first-order valence-electron chi connectivity index (χ1n) is 8.39. The molecule has 0 heterocycles. The van der Waals surface area contributed by atoms with Gasteiger partial charge in [-0.2, -0.15) is 0 Å². The van der Waals surface area contributed by atoms with Gasteiger partial charge in [-0.1, -0.05) is 58.3 Å². The molecular weight excluding hydrogens is 275 g/mol. The van der Waals surface area contributed by atoms with Crippen LogP contribution in [0.15, 0.2) is 0 Å². The van der Waals surface area contributed by atoms with Crippen LogP contribution in [0.3, 0.4) is 0 Å². The van der Waals surface area contributed by atoms with Gasteiger partial charge >= 0.3 is 0 Å². The van der Waals surface area contributed by atoms with E-state index in [4.69, 9.17) is 5.11 Å². The van der Waals surface area contributed by atoms with E-state index in [1.165, 1.54) is 51.4 Å². The minimum Gasteiger partial charge on any atom is -0.395 e. The molecule has 3 N–H and O–H groups in total. The number of hydrogen-bond donors (Lipinski definition) is 3. The van der Waals surface area contributed by atoms with Crippen molar-refractivity contribution in [3.63, 3.8) is 0 Å². The molecule has 0 aliphatic heterocycles. The predicted octanol–water partition coefficient (Wildman–Crippen LogP) is 2.22. The summed E-state index contributed by atoms with van der Waals surface area (Å²) in [6, 6.07) is 0. The summed E-state index contributed by atoms with van der Waals surface area (Å²) in [5.74, 6) is 0.152. The van der Waals surface area contributed by atoms with Crippen LogP contribution < -0.4 is 10.6 Å². The van der Waals surface area contributed by atoms with E-state index in [-0.39, 0.29) is 42.1 Å². The van der Waals surface area contributed by atoms with Gasteiger partial charge in [0.25, 0.3) is 0 Å². The van der Waals surface area contributed by atoms with Gasteiger partial charge in [-0.25, -0.2) is 0 Å². The molecule has 0 fully saturated rings. The topological polar surface area (TPSA) is 61.4 Å². The Labute approximate surface area is 153 Å². The molecule has 21 heavy (non-hydrogen) atoms. The number of rotatable bonds is 15. The minimum absolute atomic E-state index is 0. The van der Waals surface area contributed by atoms with Gasteiger partial charge in [0.05, 0.1) is 6.61 Å². The number of aliphatic hydroxyl groups excluding tert-OH is 1. The Hall–Kier alpha value is 0.390. The van der Waals surface area contributed by atoms with Crippen molar-refractivity contribution < 1.29 is 9.90 Å². The van der Waals surface area contributed by atoms with Crippen LogP contribution >= 0.6 is 0 Å². The summed E-state index contributed by atoms with van der Waals surface area (Å²) in [6.45, 7) is 4.36. The predicted molar refractivity (Wildman–Crippen MR) is 90.6 cm³/mol. The van der Waals surface area contributed by atoms with Crippen LogP contribution in [0.25, 0.3) is 0 Å². The number of carbonyl (C=O) groups is 1. The fourth-order valence-electron chi connectivity index (χ4n) is 2.18. The number of unbranched alkanes of at least 4 members (excludes halogenated alkanes) is 8. The van der Waals surface area contributed by atoms with Crippen LogP contribution in [0.2, 0.25) is 0 Å². The van der Waals surface area contributed by atoms with Crippen LogP contribution in [0.5, 0.6) is 0 Å². The van der Waals surface area contributed by atoms with Crippen molar-refractivity contribution in [3.05, 3.63) is 0 Å². The maximum absolute atomic E-state index is 11.5. The van der Waals surface area contributed by atoms with Gasteiger partial charge in [-0.3, -0.25) is 4.79 Å². The molecule has 0 spiro atoms. The molecule has 0 aromatic rings. The second-order valence-electron chi connectivity index (χ2n) is 5.40. The van der Waals surface area contributed by atoms with E-state index in [0.29, 0.717) is 19.5 Å². The summed E-state index contributed by atoms with van der Waals surface area (Å²) in [5.41, 5.74) is 0. The van der Waals surface area contributed by atoms with Crippen LogP contribution in [0, 0.1) is 0 Å². The smallest absolute Gasteiger partial charge is 0.220 e. The molecule has 0 unspecified atom stereocenters. The van der Waals surface area contributed by atoms with Crippen molar-refractivity contribution in [1.29, 1.82) is 0 Å². The zero-order valence-corrected chi connectivity index (χ0v) is 16.3. The van der Waals surface area contributed by atoms with Crippen LogP contribution in [0.4, 0.5) is 0 Å². The van der Waals surface area contributed by atoms with Crippen molar-refractivity contribution in [2.45, 2.75) is 71.1 Å². The molecule has 0 rings (SSSR count). The normalized spacial score (nSPS) is 10.2. The van der Waals surface area contributed by atoms with E-state index >= 15 is 0 Å². The molecule has 1 amide bonds. The second-order valence-corrected chi connectivity index (χ2v) is 5.40. The van der Waals surface area contributed by atoms with Crippen LogP contribution in [0.1, 0.15) is 71.1 Å². The maximum Gasteiger partial charge on any atom is 0.220 e. The number of amides is 1. The zero-order valence-electron chi connectivity index (χ0n) is 14.3. The molecule has 0 bridgehead atoms. The minimum atomic E-state index is 0. The van der Waals surface area contributed by atoms with Crippen molar-refractivity contribution in [2.75, 3.05) is 26.2 Å². The van der Waals surface area contributed by atoms with E-state index in [0.717, 1.165) is 13.0 Å². The maximum atomic E-state index is 11.5. The van der Waals surface area contributed by atoms with Gasteiger partial charge in [-0.15, -0.1) is 0 Å². The molecule has 0 saturated carbocycles. The SMILES string of the molecule is CCCCCCCCCCCC(=O)NCCNCCO.[Na]. The van der Waals surface area contributed by atoms with E-state index in [1.807, 2.05) is 0 Å². The Balaban J connectivity index is 0. The van der Waals surface area contributed by atoms with Crippen molar-refractivity contribution in [2.24, 2.45) is 0 Å². The first kappa shape index (κ1) is 23.7. The van der Waals surface area contributed by atoms with E-state index in [2.05, 4.69) is 17.6 Å². The summed E-state index contributed by atoms with van der Waals surface area (Å²) >= 11 is 0. The molecule has 5 heteroatoms. The summed E-state index contributed by atoms with van der Waals surface area (Å²) < 4.78 is 0. The monoisotopic (exact) mass is 309 g/mol. The van der Waals surface area contributed by atoms with Gasteiger partial charge in [0, 0.05) is 55.6 Å². The number of nitrogens with one attached hydrogen (secondary N) is 2. The zero-order chi connectivity index (χ0) is 14.9. The summed E-state index contributed by atoms with van der Waals surface area (Å²) in [6.07, 6.45) is 12.2.